The van der Waals surface area contributed by atoms with E-state index in [-0.39, 0.29) is 12.1 Å². The fraction of sp³-hybridized carbons (Fsp3) is 0.696. The molecule has 0 heterocycles. The second-order valence-corrected chi connectivity index (χ2v) is 21.9. The minimum absolute atomic E-state index is 0.220. The van der Waals surface area contributed by atoms with E-state index in [0.29, 0.717) is 6.54 Å². The molecule has 0 spiro atoms. The Hall–Kier alpha value is -0.726. The van der Waals surface area contributed by atoms with E-state index in [1.165, 1.54) is 16.7 Å². The van der Waals surface area contributed by atoms with Crippen LogP contribution in [0.15, 0.2) is 34.9 Å². The van der Waals surface area contributed by atoms with Gasteiger partial charge in [-0.1, -0.05) is 34.9 Å². The zero-order chi connectivity index (χ0) is 24.3. The van der Waals surface area contributed by atoms with E-state index in [1.54, 1.807) is 0 Å². The predicted molar refractivity (Wildman–Crippen MR) is 140 cm³/mol. The van der Waals surface area contributed by atoms with Crippen molar-refractivity contribution < 1.29 is 17.8 Å². The van der Waals surface area contributed by atoms with Gasteiger partial charge in [0.25, 0.3) is 0 Å². The van der Waals surface area contributed by atoms with Gasteiger partial charge in [-0.3, -0.25) is 9.36 Å². The third-order valence-electron chi connectivity index (χ3n) is 4.04. The van der Waals surface area contributed by atoms with Crippen LogP contribution in [0.3, 0.4) is 0 Å². The van der Waals surface area contributed by atoms with E-state index < -0.39 is 24.2 Å². The van der Waals surface area contributed by atoms with Crippen LogP contribution < -0.4 is 5.32 Å². The molecule has 0 unspecified atom stereocenters. The first kappa shape index (κ1) is 30.3. The van der Waals surface area contributed by atoms with Crippen molar-refractivity contribution in [2.45, 2.75) is 92.7 Å². The quantitative estimate of drug-likeness (QED) is 0.157. The molecule has 0 aromatic heterocycles. The van der Waals surface area contributed by atoms with Gasteiger partial charge in [0.05, 0.1) is 0 Å². The Kier molecular flexibility index (Phi) is 13.4. The maximum Gasteiger partial charge on any atom is 0.320 e. The van der Waals surface area contributed by atoms with Gasteiger partial charge >= 0.3 is 7.60 Å². The van der Waals surface area contributed by atoms with Gasteiger partial charge in [-0.15, -0.1) is 0 Å². The minimum atomic E-state index is -3.45. The van der Waals surface area contributed by atoms with Crippen LogP contribution in [-0.4, -0.2) is 35.2 Å². The lowest BCUT2D eigenvalue weighted by molar-refractivity contribution is -0.118. The van der Waals surface area contributed by atoms with Crippen molar-refractivity contribution in [3.63, 3.8) is 0 Å². The third-order valence-corrected chi connectivity index (χ3v) is 11.3. The van der Waals surface area contributed by atoms with Gasteiger partial charge in [-0.25, -0.2) is 0 Å². The van der Waals surface area contributed by atoms with Gasteiger partial charge in [0.1, 0.15) is 6.16 Å². The van der Waals surface area contributed by atoms with Crippen LogP contribution in [0.1, 0.15) is 53.4 Å². The largest absolute Gasteiger partial charge is 0.352 e. The Balaban J connectivity index is 4.60. The van der Waals surface area contributed by atoms with E-state index in [4.69, 9.17) is 8.43 Å². The SMILES string of the molecule is CC(C)=CCC/C(C)=C/CC/C(C)=C/CNC(=O)CP(=O)(O[Si](C)(C)C)O[Si](C)(C)C. The lowest BCUT2D eigenvalue weighted by Crippen LogP contribution is -2.34. The topological polar surface area (TPSA) is 64.6 Å². The van der Waals surface area contributed by atoms with Crippen molar-refractivity contribution in [1.29, 1.82) is 0 Å². The maximum atomic E-state index is 13.2. The van der Waals surface area contributed by atoms with E-state index >= 15 is 0 Å². The zero-order valence-corrected chi connectivity index (χ0v) is 24.4. The standard InChI is InChI=1S/C23H46NO4PSi2/c1-20(2)13-11-14-21(3)15-12-16-22(4)17-18-24-23(25)19-29(26,27-30(5,6)7)28-31(8,9)10/h13,15,17H,11-12,14,16,18-19H2,1-10H3,(H,24,25)/b21-15+,22-17+. The van der Waals surface area contributed by atoms with Crippen molar-refractivity contribution in [3.8, 4) is 0 Å². The molecule has 5 nitrogen and oxygen atoms in total. The molecule has 0 saturated heterocycles. The van der Waals surface area contributed by atoms with Crippen LogP contribution in [0.25, 0.3) is 0 Å². The molecule has 0 radical (unpaired) electrons. The zero-order valence-electron chi connectivity index (χ0n) is 21.6. The summed E-state index contributed by atoms with van der Waals surface area (Å²) in [7, 11) is -7.68. The lowest BCUT2D eigenvalue weighted by atomic mass is 10.1. The molecule has 0 fully saturated rings. The molecule has 0 atom stereocenters. The van der Waals surface area contributed by atoms with Crippen LogP contribution in [-0.2, 0) is 17.8 Å². The molecule has 0 aliphatic rings. The summed E-state index contributed by atoms with van der Waals surface area (Å²) in [5.74, 6) is -0.293. The van der Waals surface area contributed by atoms with Crippen LogP contribution in [0.4, 0.5) is 0 Å². The maximum absolute atomic E-state index is 13.2. The number of carbonyl (C=O) groups excluding carboxylic acids is 1. The Morgan fingerprint density at radius 2 is 1.26 bits per heavy atom. The second kappa shape index (κ2) is 13.7. The molecule has 0 aromatic rings. The van der Waals surface area contributed by atoms with Gasteiger partial charge in [0.2, 0.25) is 5.91 Å². The van der Waals surface area contributed by atoms with Gasteiger partial charge < -0.3 is 13.7 Å². The van der Waals surface area contributed by atoms with Crippen molar-refractivity contribution >= 4 is 30.1 Å². The molecule has 0 aliphatic heterocycles. The highest BCUT2D eigenvalue weighted by molar-refractivity contribution is 7.58. The monoisotopic (exact) mass is 487 g/mol. The van der Waals surface area contributed by atoms with Gasteiger partial charge in [-0.05, 0) is 92.7 Å². The van der Waals surface area contributed by atoms with Crippen molar-refractivity contribution in [2.75, 3.05) is 12.7 Å². The number of hydrogen-bond donors (Lipinski definition) is 1. The molecule has 31 heavy (non-hydrogen) atoms. The summed E-state index contributed by atoms with van der Waals surface area (Å²) in [6.07, 6.45) is 10.5. The average molecular weight is 488 g/mol. The molecular formula is C23H46NO4PSi2. The highest BCUT2D eigenvalue weighted by atomic mass is 31.2. The van der Waals surface area contributed by atoms with E-state index in [9.17, 15) is 9.36 Å². The third kappa shape index (κ3) is 18.5. The first-order valence-electron chi connectivity index (χ1n) is 11.2. The molecule has 0 saturated carbocycles. The molecule has 0 rings (SSSR count). The lowest BCUT2D eigenvalue weighted by Gasteiger charge is -2.30. The van der Waals surface area contributed by atoms with E-state index in [0.717, 1.165) is 25.7 Å². The molecule has 0 bridgehead atoms. The molecule has 1 N–H and O–H groups in total. The van der Waals surface area contributed by atoms with Gasteiger partial charge in [-0.2, -0.15) is 0 Å². The van der Waals surface area contributed by atoms with Gasteiger partial charge in [0.15, 0.2) is 16.6 Å². The fourth-order valence-electron chi connectivity index (χ4n) is 2.83. The highest BCUT2D eigenvalue weighted by Crippen LogP contribution is 2.52. The molecule has 0 aromatic carbocycles. The minimum Gasteiger partial charge on any atom is -0.352 e. The number of amides is 1. The first-order chi connectivity index (χ1) is 14.0. The number of carbonyl (C=O) groups is 1. The highest BCUT2D eigenvalue weighted by Gasteiger charge is 2.38. The van der Waals surface area contributed by atoms with E-state index in [2.05, 4.69) is 45.2 Å². The summed E-state index contributed by atoms with van der Waals surface area (Å²) in [6.45, 7) is 20.7. The number of rotatable bonds is 14. The summed E-state index contributed by atoms with van der Waals surface area (Å²) >= 11 is 0. The smallest absolute Gasteiger partial charge is 0.320 e. The van der Waals surface area contributed by atoms with E-state index in [1.807, 2.05) is 45.4 Å². The summed E-state index contributed by atoms with van der Waals surface area (Å²) in [6, 6.07) is 0. The molecule has 0 aliphatic carbocycles. The van der Waals surface area contributed by atoms with Crippen molar-refractivity contribution in [2.24, 2.45) is 0 Å². The first-order valence-corrected chi connectivity index (χ1v) is 19.8. The van der Waals surface area contributed by atoms with Crippen LogP contribution in [0.2, 0.25) is 39.3 Å². The Morgan fingerprint density at radius 1 is 0.806 bits per heavy atom. The average Bonchev–Trinajstić information content (AvgIpc) is 2.49. The van der Waals surface area contributed by atoms with Crippen molar-refractivity contribution in [3.05, 3.63) is 34.9 Å². The van der Waals surface area contributed by atoms with Crippen molar-refractivity contribution in [1.82, 2.24) is 5.32 Å². The number of allylic oxidation sites excluding steroid dienone is 5. The normalized spacial score (nSPS) is 13.9. The van der Waals surface area contributed by atoms with Crippen LogP contribution >= 0.6 is 7.60 Å². The second-order valence-electron chi connectivity index (χ2n) is 10.4. The molecule has 180 valence electrons. The summed E-state index contributed by atoms with van der Waals surface area (Å²) in [4.78, 5) is 12.4. The van der Waals surface area contributed by atoms with Gasteiger partial charge in [0, 0.05) is 6.54 Å². The molecular weight excluding hydrogens is 441 g/mol. The number of hydrogen-bond acceptors (Lipinski definition) is 4. The predicted octanol–water partition coefficient (Wildman–Crippen LogP) is 7.42. The van der Waals surface area contributed by atoms with Crippen LogP contribution in [0.5, 0.6) is 0 Å². The summed E-state index contributed by atoms with van der Waals surface area (Å²) in [5, 5.41) is 2.84. The summed E-state index contributed by atoms with van der Waals surface area (Å²) in [5.41, 5.74) is 4.01. The Morgan fingerprint density at radius 3 is 1.71 bits per heavy atom. The molecule has 8 heteroatoms. The Labute approximate surface area is 193 Å². The fourth-order valence-corrected chi connectivity index (χ4v) is 11.0. The Bertz CT molecular complexity index is 692. The molecule has 1 amide bonds. The van der Waals surface area contributed by atoms with Crippen LogP contribution in [0, 0.1) is 0 Å². The number of nitrogens with one attached hydrogen (secondary N) is 1. The summed E-state index contributed by atoms with van der Waals surface area (Å²) < 4.78 is 24.9.